The minimum Gasteiger partial charge on any atom is -0.393 e. The van der Waals surface area contributed by atoms with Gasteiger partial charge in [-0.25, -0.2) is 0 Å². The van der Waals surface area contributed by atoms with Crippen molar-refractivity contribution in [3.63, 3.8) is 0 Å². The van der Waals surface area contributed by atoms with E-state index in [-0.39, 0.29) is 17.9 Å². The lowest BCUT2D eigenvalue weighted by Gasteiger charge is -1.98. The number of azide groups is 1. The van der Waals surface area contributed by atoms with Crippen molar-refractivity contribution in [1.29, 1.82) is 0 Å². The number of nitro groups is 1. The molecule has 16 heavy (non-hydrogen) atoms. The Labute approximate surface area is 91.0 Å². The minimum absolute atomic E-state index is 0.107. The van der Waals surface area contributed by atoms with E-state index in [1.165, 1.54) is 12.1 Å². The zero-order valence-electron chi connectivity index (χ0n) is 8.28. The molecule has 1 rings (SSSR count). The van der Waals surface area contributed by atoms with Crippen molar-refractivity contribution in [2.24, 2.45) is 5.11 Å². The predicted octanol–water partition coefficient (Wildman–Crippen LogP) is 2.50. The molecule has 0 radical (unpaired) electrons. The Kier molecular flexibility index (Phi) is 3.88. The van der Waals surface area contributed by atoms with Gasteiger partial charge in [-0.2, -0.15) is 0 Å². The zero-order valence-corrected chi connectivity index (χ0v) is 8.28. The summed E-state index contributed by atoms with van der Waals surface area (Å²) in [5.41, 5.74) is 14.2. The van der Waals surface area contributed by atoms with Crippen LogP contribution < -0.4 is 5.73 Å². The lowest BCUT2D eigenvalue weighted by Crippen LogP contribution is -1.95. The number of nitrogens with two attached hydrogens (primary N) is 1. The van der Waals surface area contributed by atoms with E-state index in [1.807, 2.05) is 0 Å². The van der Waals surface area contributed by atoms with Crippen molar-refractivity contribution in [2.45, 2.75) is 0 Å². The topological polar surface area (TPSA) is 118 Å². The number of nitrogen functional groups attached to an aromatic ring is 1. The second-order valence-electron chi connectivity index (χ2n) is 2.89. The number of hydrogen-bond donors (Lipinski definition) is 1. The molecule has 82 valence electrons. The van der Waals surface area contributed by atoms with E-state index in [2.05, 4.69) is 10.0 Å². The Hall–Kier alpha value is -2.53. The molecule has 0 saturated heterocycles. The maximum atomic E-state index is 10.5. The molecule has 1 aromatic carbocycles. The summed E-state index contributed by atoms with van der Waals surface area (Å²) >= 11 is 0. The Balaban J connectivity index is 2.85. The van der Waals surface area contributed by atoms with Gasteiger partial charge in [0.1, 0.15) is 5.69 Å². The molecule has 7 heteroatoms. The highest BCUT2D eigenvalue weighted by Gasteiger charge is 2.09. The van der Waals surface area contributed by atoms with E-state index < -0.39 is 4.92 Å². The second-order valence-corrected chi connectivity index (χ2v) is 2.89. The van der Waals surface area contributed by atoms with Gasteiger partial charge in [-0.15, -0.1) is 0 Å². The smallest absolute Gasteiger partial charge is 0.292 e. The zero-order chi connectivity index (χ0) is 12.0. The quantitative estimate of drug-likeness (QED) is 0.209. The fourth-order valence-corrected chi connectivity index (χ4v) is 1.12. The van der Waals surface area contributed by atoms with Gasteiger partial charge in [0.2, 0.25) is 0 Å². The van der Waals surface area contributed by atoms with Gasteiger partial charge >= 0.3 is 0 Å². The number of nitrogens with zero attached hydrogens (tertiary/aromatic N) is 4. The van der Waals surface area contributed by atoms with Crippen molar-refractivity contribution in [3.05, 3.63) is 50.4 Å². The van der Waals surface area contributed by atoms with Crippen molar-refractivity contribution >= 4 is 17.5 Å². The first-order valence-corrected chi connectivity index (χ1v) is 4.36. The summed E-state index contributed by atoms with van der Waals surface area (Å²) in [6.07, 6.45) is 3.31. The second kappa shape index (κ2) is 5.38. The molecule has 0 aliphatic rings. The number of anilines is 1. The number of nitro benzene ring substituents is 1. The Morgan fingerprint density at radius 1 is 1.62 bits per heavy atom. The lowest BCUT2D eigenvalue weighted by molar-refractivity contribution is -0.383. The number of hydrogen-bond acceptors (Lipinski definition) is 4. The molecule has 0 atom stereocenters. The van der Waals surface area contributed by atoms with Gasteiger partial charge < -0.3 is 5.73 Å². The summed E-state index contributed by atoms with van der Waals surface area (Å²) in [5, 5.41) is 13.8. The molecule has 0 saturated carbocycles. The number of benzene rings is 1. The van der Waals surface area contributed by atoms with Gasteiger partial charge in [0, 0.05) is 17.5 Å². The summed E-state index contributed by atoms with van der Waals surface area (Å²) in [6, 6.07) is 4.40. The van der Waals surface area contributed by atoms with Crippen LogP contribution in [0.25, 0.3) is 16.5 Å². The molecular weight excluding hydrogens is 210 g/mol. The third kappa shape index (κ3) is 3.00. The summed E-state index contributed by atoms with van der Waals surface area (Å²) < 4.78 is 0. The average molecular weight is 219 g/mol. The monoisotopic (exact) mass is 219 g/mol. The van der Waals surface area contributed by atoms with Crippen LogP contribution in [0.4, 0.5) is 11.4 Å². The molecular formula is C9H9N5O2. The van der Waals surface area contributed by atoms with E-state index in [0.717, 1.165) is 5.56 Å². The van der Waals surface area contributed by atoms with Crippen LogP contribution in [0.1, 0.15) is 5.56 Å². The summed E-state index contributed by atoms with van der Waals surface area (Å²) in [4.78, 5) is 12.5. The van der Waals surface area contributed by atoms with E-state index in [9.17, 15) is 10.1 Å². The lowest BCUT2D eigenvalue weighted by atomic mass is 10.1. The van der Waals surface area contributed by atoms with Crippen LogP contribution in [0.5, 0.6) is 0 Å². The largest absolute Gasteiger partial charge is 0.393 e. The highest BCUT2D eigenvalue weighted by atomic mass is 16.6. The molecule has 0 unspecified atom stereocenters. The van der Waals surface area contributed by atoms with Crippen molar-refractivity contribution < 1.29 is 4.92 Å². The molecule has 1 aromatic rings. The van der Waals surface area contributed by atoms with E-state index in [4.69, 9.17) is 11.3 Å². The van der Waals surface area contributed by atoms with E-state index >= 15 is 0 Å². The molecule has 7 nitrogen and oxygen atoms in total. The van der Waals surface area contributed by atoms with Crippen LogP contribution >= 0.6 is 0 Å². The first-order chi connectivity index (χ1) is 7.65. The molecule has 0 aliphatic carbocycles. The third-order valence-corrected chi connectivity index (χ3v) is 1.81. The van der Waals surface area contributed by atoms with Gasteiger partial charge in [0.25, 0.3) is 5.69 Å². The first kappa shape index (κ1) is 11.5. The average Bonchev–Trinajstić information content (AvgIpc) is 2.24. The van der Waals surface area contributed by atoms with E-state index in [0.29, 0.717) is 0 Å². The highest BCUT2D eigenvalue weighted by Crippen LogP contribution is 2.22. The van der Waals surface area contributed by atoms with Crippen LogP contribution in [0.3, 0.4) is 0 Å². The van der Waals surface area contributed by atoms with E-state index in [1.54, 1.807) is 18.2 Å². The van der Waals surface area contributed by atoms with Crippen molar-refractivity contribution in [2.75, 3.05) is 12.3 Å². The van der Waals surface area contributed by atoms with Crippen LogP contribution in [0, 0.1) is 10.1 Å². The van der Waals surface area contributed by atoms with Gasteiger partial charge in [0.05, 0.1) is 4.92 Å². The maximum absolute atomic E-state index is 10.5. The van der Waals surface area contributed by atoms with Crippen LogP contribution in [-0.2, 0) is 0 Å². The normalized spacial score (nSPS) is 10.0. The first-order valence-electron chi connectivity index (χ1n) is 4.36. The highest BCUT2D eigenvalue weighted by molar-refractivity contribution is 5.65. The Morgan fingerprint density at radius 2 is 2.38 bits per heavy atom. The standard InChI is InChI=1S/C9H9N5O2/c10-8-6-7(2-1-5-12-13-11)3-4-9(8)14(15)16/h1-4,6H,5,10H2. The maximum Gasteiger partial charge on any atom is 0.292 e. The van der Waals surface area contributed by atoms with Gasteiger partial charge in [-0.1, -0.05) is 17.3 Å². The summed E-state index contributed by atoms with van der Waals surface area (Å²) in [5.74, 6) is 0. The predicted molar refractivity (Wildman–Crippen MR) is 60.6 cm³/mol. The molecule has 0 spiro atoms. The third-order valence-electron chi connectivity index (χ3n) is 1.81. The SMILES string of the molecule is [N-]=[N+]=NCC=Cc1ccc([N+](=O)[O-])c(N)c1. The van der Waals surface area contributed by atoms with Crippen molar-refractivity contribution in [3.8, 4) is 0 Å². The molecule has 0 bridgehead atoms. The molecule has 0 amide bonds. The Bertz CT molecular complexity index is 477. The van der Waals surface area contributed by atoms with Gasteiger partial charge in [-0.3, -0.25) is 10.1 Å². The van der Waals surface area contributed by atoms with Crippen LogP contribution in [0.15, 0.2) is 29.4 Å². The molecule has 0 heterocycles. The molecule has 0 aliphatic heterocycles. The number of rotatable bonds is 4. The Morgan fingerprint density at radius 3 is 2.94 bits per heavy atom. The summed E-state index contributed by atoms with van der Waals surface area (Å²) in [7, 11) is 0. The molecule has 0 aromatic heterocycles. The fraction of sp³-hybridized carbons (Fsp3) is 0.111. The molecule has 0 fully saturated rings. The van der Waals surface area contributed by atoms with Crippen LogP contribution in [-0.4, -0.2) is 11.5 Å². The van der Waals surface area contributed by atoms with Crippen LogP contribution in [0.2, 0.25) is 0 Å². The van der Waals surface area contributed by atoms with Gasteiger partial charge in [0.15, 0.2) is 0 Å². The van der Waals surface area contributed by atoms with Gasteiger partial charge in [-0.05, 0) is 23.2 Å². The molecule has 2 N–H and O–H groups in total. The summed E-state index contributed by atoms with van der Waals surface area (Å²) in [6.45, 7) is 0.230. The fourth-order valence-electron chi connectivity index (χ4n) is 1.12. The minimum atomic E-state index is -0.539. The van der Waals surface area contributed by atoms with Crippen molar-refractivity contribution in [1.82, 2.24) is 0 Å².